The van der Waals surface area contributed by atoms with Gasteiger partial charge in [-0.2, -0.15) is 0 Å². The van der Waals surface area contributed by atoms with Gasteiger partial charge in [0.15, 0.2) is 0 Å². The summed E-state index contributed by atoms with van der Waals surface area (Å²) in [5, 5.41) is 10.5. The van der Waals surface area contributed by atoms with E-state index < -0.39 is 0 Å². The van der Waals surface area contributed by atoms with E-state index in [9.17, 15) is 5.11 Å². The van der Waals surface area contributed by atoms with Gasteiger partial charge in [-0.3, -0.25) is 0 Å². The summed E-state index contributed by atoms with van der Waals surface area (Å²) in [5.74, 6) is 1.55. The van der Waals surface area contributed by atoms with Gasteiger partial charge < -0.3 is 5.11 Å². The largest absolute Gasteiger partial charge is 0.393 e. The average molecular weight is 288 g/mol. The van der Waals surface area contributed by atoms with E-state index in [1.807, 2.05) is 0 Å². The lowest BCUT2D eigenvalue weighted by Gasteiger charge is -2.65. The van der Waals surface area contributed by atoms with Crippen molar-refractivity contribution in [1.29, 1.82) is 0 Å². The molecule has 3 fully saturated rings. The van der Waals surface area contributed by atoms with Crippen molar-refractivity contribution >= 4 is 0 Å². The molecule has 1 nitrogen and oxygen atoms in total. The first kappa shape index (κ1) is 14.3. The van der Waals surface area contributed by atoms with E-state index in [0.29, 0.717) is 22.2 Å². The fourth-order valence-electron chi connectivity index (χ4n) is 7.35. The molecule has 21 heavy (non-hydrogen) atoms. The fourth-order valence-corrected chi connectivity index (χ4v) is 7.35. The Kier molecular flexibility index (Phi) is 2.70. The third-order valence-electron chi connectivity index (χ3n) is 8.45. The van der Waals surface area contributed by atoms with Gasteiger partial charge in [0.25, 0.3) is 0 Å². The van der Waals surface area contributed by atoms with Crippen LogP contribution in [0, 0.1) is 33.5 Å². The van der Waals surface area contributed by atoms with Crippen molar-refractivity contribution in [2.24, 2.45) is 33.5 Å². The van der Waals surface area contributed by atoms with Crippen LogP contribution in [-0.4, -0.2) is 11.2 Å². The first-order chi connectivity index (χ1) is 9.72. The third kappa shape index (κ3) is 1.68. The highest BCUT2D eigenvalue weighted by Gasteiger charge is 2.64. The maximum Gasteiger partial charge on any atom is 0.0594 e. The van der Waals surface area contributed by atoms with Crippen LogP contribution in [0.5, 0.6) is 0 Å². The maximum absolute atomic E-state index is 10.5. The summed E-state index contributed by atoms with van der Waals surface area (Å²) >= 11 is 0. The molecule has 1 N–H and O–H groups in total. The van der Waals surface area contributed by atoms with Gasteiger partial charge in [-0.1, -0.05) is 39.8 Å². The Bertz CT molecular complexity index is 492. The minimum Gasteiger partial charge on any atom is -0.393 e. The van der Waals surface area contributed by atoms with Crippen molar-refractivity contribution in [2.75, 3.05) is 0 Å². The summed E-state index contributed by atoms with van der Waals surface area (Å²) in [7, 11) is 0. The zero-order chi connectivity index (χ0) is 15.1. The zero-order valence-corrected chi connectivity index (χ0v) is 14.3. The Morgan fingerprint density at radius 2 is 1.57 bits per heavy atom. The van der Waals surface area contributed by atoms with Gasteiger partial charge in [-0.25, -0.2) is 0 Å². The predicted molar refractivity (Wildman–Crippen MR) is 86.9 cm³/mol. The van der Waals surface area contributed by atoms with Crippen LogP contribution < -0.4 is 0 Å². The molecule has 0 aromatic carbocycles. The molecule has 0 radical (unpaired) electrons. The van der Waals surface area contributed by atoms with Gasteiger partial charge in [0.1, 0.15) is 0 Å². The van der Waals surface area contributed by atoms with E-state index in [1.54, 1.807) is 0 Å². The van der Waals surface area contributed by atoms with Crippen molar-refractivity contribution in [3.63, 3.8) is 0 Å². The lowest BCUT2D eigenvalue weighted by Crippen LogP contribution is -2.59. The van der Waals surface area contributed by atoms with E-state index in [1.165, 1.54) is 38.5 Å². The van der Waals surface area contributed by atoms with Gasteiger partial charge in [-0.15, -0.1) is 0 Å². The van der Waals surface area contributed by atoms with E-state index in [0.717, 1.165) is 12.3 Å². The standard InChI is InChI=1S/C20H32O/c1-17(2)14-6-10-20-12-11-18(3,13-20)8-5-15(20)19(14,4)9-7-16(17)21/h11-12,14-16,21H,5-10,13H2,1-4H3/t14?,15?,16?,18-,19-,20+/m1/s1. The molecule has 0 aromatic heterocycles. The van der Waals surface area contributed by atoms with Gasteiger partial charge in [-0.05, 0) is 78.4 Å². The molecule has 3 saturated carbocycles. The summed E-state index contributed by atoms with van der Waals surface area (Å²) in [6.45, 7) is 9.70. The minimum atomic E-state index is -0.0994. The first-order valence-corrected chi connectivity index (χ1v) is 9.10. The monoisotopic (exact) mass is 288 g/mol. The van der Waals surface area contributed by atoms with Gasteiger partial charge >= 0.3 is 0 Å². The van der Waals surface area contributed by atoms with Crippen LogP contribution in [0.4, 0.5) is 0 Å². The number of hydrogen-bond acceptors (Lipinski definition) is 1. The molecular formula is C20H32O. The second-order valence-electron chi connectivity index (χ2n) is 9.96. The van der Waals surface area contributed by atoms with E-state index in [2.05, 4.69) is 39.8 Å². The molecule has 1 spiro atoms. The quantitative estimate of drug-likeness (QED) is 0.626. The van der Waals surface area contributed by atoms with Crippen molar-refractivity contribution in [2.45, 2.75) is 78.7 Å². The Balaban J connectivity index is 1.74. The lowest BCUT2D eigenvalue weighted by molar-refractivity contribution is -0.176. The highest BCUT2D eigenvalue weighted by Crippen LogP contribution is 2.71. The summed E-state index contributed by atoms with van der Waals surface area (Å²) in [5.41, 5.74) is 1.52. The molecule has 4 aliphatic rings. The second-order valence-corrected chi connectivity index (χ2v) is 9.96. The van der Waals surface area contributed by atoms with E-state index in [4.69, 9.17) is 0 Å². The molecule has 0 amide bonds. The number of aliphatic hydroxyl groups excluding tert-OH is 1. The van der Waals surface area contributed by atoms with Gasteiger partial charge in [0, 0.05) is 0 Å². The summed E-state index contributed by atoms with van der Waals surface area (Å²) < 4.78 is 0. The van der Waals surface area contributed by atoms with Gasteiger partial charge in [0.2, 0.25) is 0 Å². The number of aliphatic hydroxyl groups is 1. The van der Waals surface area contributed by atoms with Crippen LogP contribution in [0.1, 0.15) is 72.6 Å². The highest BCUT2D eigenvalue weighted by atomic mass is 16.3. The molecule has 118 valence electrons. The first-order valence-electron chi connectivity index (χ1n) is 9.10. The van der Waals surface area contributed by atoms with Crippen LogP contribution in [0.3, 0.4) is 0 Å². The van der Waals surface area contributed by atoms with Crippen molar-refractivity contribution < 1.29 is 5.11 Å². The van der Waals surface area contributed by atoms with Crippen LogP contribution in [-0.2, 0) is 0 Å². The van der Waals surface area contributed by atoms with Crippen molar-refractivity contribution in [1.82, 2.24) is 0 Å². The maximum atomic E-state index is 10.5. The molecule has 1 heteroatoms. The molecule has 6 atom stereocenters. The predicted octanol–water partition coefficient (Wildman–Crippen LogP) is 4.95. The van der Waals surface area contributed by atoms with E-state index >= 15 is 0 Å². The third-order valence-corrected chi connectivity index (χ3v) is 8.45. The Hall–Kier alpha value is -0.300. The molecule has 4 aliphatic carbocycles. The summed E-state index contributed by atoms with van der Waals surface area (Å²) in [6.07, 6.45) is 14.2. The SMILES string of the molecule is CC1(C)C(O)CC[C@]2(C)C1CC[C@@]13C=C[C@@](C)(CCC12)C3. The van der Waals surface area contributed by atoms with Crippen molar-refractivity contribution in [3.05, 3.63) is 12.2 Å². The molecular weight excluding hydrogens is 256 g/mol. The Morgan fingerprint density at radius 3 is 2.33 bits per heavy atom. The Labute approximate surface area is 130 Å². The zero-order valence-electron chi connectivity index (χ0n) is 14.3. The normalized spacial score (nSPS) is 57.7. The topological polar surface area (TPSA) is 20.2 Å². The fraction of sp³-hybridized carbons (Fsp3) is 0.900. The van der Waals surface area contributed by atoms with Crippen LogP contribution in [0.15, 0.2) is 12.2 Å². The van der Waals surface area contributed by atoms with Crippen LogP contribution in [0.25, 0.3) is 0 Å². The number of fused-ring (bicyclic) bond motifs is 3. The molecule has 2 bridgehead atoms. The van der Waals surface area contributed by atoms with Crippen LogP contribution in [0.2, 0.25) is 0 Å². The lowest BCUT2D eigenvalue weighted by atomic mass is 9.40. The average Bonchev–Trinajstić information content (AvgIpc) is 2.65. The number of rotatable bonds is 0. The number of hydrogen-bond donors (Lipinski definition) is 1. The molecule has 0 heterocycles. The molecule has 0 aliphatic heterocycles. The molecule has 0 saturated heterocycles. The smallest absolute Gasteiger partial charge is 0.0594 e. The van der Waals surface area contributed by atoms with E-state index in [-0.39, 0.29) is 11.5 Å². The summed E-state index contributed by atoms with van der Waals surface area (Å²) in [4.78, 5) is 0. The van der Waals surface area contributed by atoms with Crippen LogP contribution >= 0.6 is 0 Å². The van der Waals surface area contributed by atoms with Crippen molar-refractivity contribution in [3.8, 4) is 0 Å². The second kappa shape index (κ2) is 3.96. The molecule has 0 aromatic rings. The Morgan fingerprint density at radius 1 is 0.857 bits per heavy atom. The highest BCUT2D eigenvalue weighted by molar-refractivity contribution is 5.25. The molecule has 4 rings (SSSR count). The minimum absolute atomic E-state index is 0.0949. The molecule has 3 unspecified atom stereocenters. The number of allylic oxidation sites excluding steroid dienone is 2. The summed E-state index contributed by atoms with van der Waals surface area (Å²) in [6, 6.07) is 0. The van der Waals surface area contributed by atoms with Gasteiger partial charge in [0.05, 0.1) is 6.10 Å².